The molecule has 0 N–H and O–H groups in total. The van der Waals surface area contributed by atoms with Gasteiger partial charge in [-0.2, -0.15) is 8.42 Å². The van der Waals surface area contributed by atoms with E-state index in [0.29, 0.717) is 11.1 Å². The summed E-state index contributed by atoms with van der Waals surface area (Å²) < 4.78 is 30.1. The van der Waals surface area contributed by atoms with Gasteiger partial charge in [0.1, 0.15) is 0 Å². The van der Waals surface area contributed by atoms with Crippen molar-refractivity contribution < 1.29 is 22.3 Å². The molecule has 0 aromatic heterocycles. The third kappa shape index (κ3) is 16.2. The number of hydrogen-bond donors (Lipinski definition) is 0. The summed E-state index contributed by atoms with van der Waals surface area (Å²) in [6.45, 7) is 2.52. The molecule has 0 amide bonds. The molecule has 0 bridgehead atoms. The number of hydrogen-bond acceptors (Lipinski definition) is 6. The van der Waals surface area contributed by atoms with E-state index in [4.69, 9.17) is 4.18 Å². The van der Waals surface area contributed by atoms with Crippen molar-refractivity contribution in [2.24, 2.45) is 0 Å². The lowest BCUT2D eigenvalue weighted by Crippen LogP contribution is -2.07. The van der Waals surface area contributed by atoms with Crippen molar-refractivity contribution in [2.75, 3.05) is 6.61 Å². The van der Waals surface area contributed by atoms with E-state index in [1.807, 2.05) is 24.3 Å². The normalized spacial score (nSPS) is 10.6. The Balaban J connectivity index is 0.000000269. The highest BCUT2D eigenvalue weighted by Crippen LogP contribution is 2.16. The Bertz CT molecular complexity index is 1500. The Morgan fingerprint density at radius 1 is 0.652 bits per heavy atom. The second-order valence-electron chi connectivity index (χ2n) is 10.6. The summed E-state index contributed by atoms with van der Waals surface area (Å²) in [6, 6.07) is 32.9. The predicted molar refractivity (Wildman–Crippen MR) is 194 cm³/mol. The fourth-order valence-electron chi connectivity index (χ4n) is 4.32. The number of nitrogens with zero attached hydrogens (tertiary/aromatic N) is 1. The third-order valence-electron chi connectivity index (χ3n) is 6.88. The molecule has 0 saturated heterocycles. The lowest BCUT2D eigenvalue weighted by atomic mass is 10.0. The summed E-state index contributed by atoms with van der Waals surface area (Å²) in [4.78, 5) is 22.2. The van der Waals surface area contributed by atoms with Gasteiger partial charge in [-0.05, 0) is 65.4 Å². The van der Waals surface area contributed by atoms with E-state index in [1.165, 1.54) is 79.2 Å². The fraction of sp³-hybridized carbons (Fsp3) is 0.324. The molecule has 0 spiro atoms. The Hall–Kier alpha value is -3.41. The van der Waals surface area contributed by atoms with Crippen LogP contribution in [0.25, 0.3) is 0 Å². The van der Waals surface area contributed by atoms with Gasteiger partial charge in [-0.15, -0.1) is 0 Å². The van der Waals surface area contributed by atoms with Crippen molar-refractivity contribution in [3.63, 3.8) is 0 Å². The Morgan fingerprint density at radius 2 is 1.09 bits per heavy atom. The topological polar surface area (TPSA) is 104 Å². The van der Waals surface area contributed by atoms with Crippen LogP contribution in [0.1, 0.15) is 87.1 Å². The maximum absolute atomic E-state index is 12.0. The number of ketones is 1. The van der Waals surface area contributed by atoms with Gasteiger partial charge < -0.3 is 0 Å². The SMILES string of the molecule is CCCCCCCCCCCCOS(=O)(=O)c1ccccc1.Ic1ccccc1.O=C(c1ccccc1)c1ccc([N+](=O)[O-])cc1. The molecule has 0 unspecified atom stereocenters. The molecule has 46 heavy (non-hydrogen) atoms. The highest BCUT2D eigenvalue weighted by Gasteiger charge is 2.13. The summed E-state index contributed by atoms with van der Waals surface area (Å²) in [5, 5.41) is 10.5. The summed E-state index contributed by atoms with van der Waals surface area (Å²) >= 11 is 2.28. The molecule has 0 radical (unpaired) electrons. The second kappa shape index (κ2) is 23.0. The largest absolute Gasteiger partial charge is 0.296 e. The standard InChI is InChI=1S/C18H30O3S.C13H9NO3.C6H5I/c1-2-3-4-5-6-7-8-9-10-14-17-21-22(19,20)18-15-12-11-13-16-18;15-13(10-4-2-1-3-5-10)11-6-8-12(9-7-11)14(16)17;7-6-4-2-1-3-5-6/h11-13,15-16H,2-10,14,17H2,1H3;1-9H;1-5H. The quantitative estimate of drug-likeness (QED) is 0.0282. The molecule has 246 valence electrons. The van der Waals surface area contributed by atoms with Gasteiger partial charge in [-0.3, -0.25) is 19.1 Å². The molecule has 0 atom stereocenters. The van der Waals surface area contributed by atoms with Crippen LogP contribution in [0.5, 0.6) is 0 Å². The van der Waals surface area contributed by atoms with Gasteiger partial charge in [0.05, 0.1) is 16.4 Å². The number of non-ortho nitro benzene ring substituents is 1. The fourth-order valence-corrected chi connectivity index (χ4v) is 5.70. The van der Waals surface area contributed by atoms with E-state index >= 15 is 0 Å². The minimum Gasteiger partial charge on any atom is -0.289 e. The number of rotatable bonds is 16. The average molecular weight is 758 g/mol. The Morgan fingerprint density at radius 3 is 1.54 bits per heavy atom. The van der Waals surface area contributed by atoms with Crippen molar-refractivity contribution in [1.82, 2.24) is 0 Å². The van der Waals surface area contributed by atoms with E-state index in [0.717, 1.165) is 12.8 Å². The molecule has 0 heterocycles. The smallest absolute Gasteiger partial charge is 0.289 e. The van der Waals surface area contributed by atoms with Gasteiger partial charge in [0.25, 0.3) is 15.8 Å². The maximum Gasteiger partial charge on any atom is 0.296 e. The second-order valence-corrected chi connectivity index (χ2v) is 13.4. The number of halogens is 1. The van der Waals surface area contributed by atoms with Crippen LogP contribution in [0.2, 0.25) is 0 Å². The number of nitro benzene ring substituents is 1. The number of carbonyl (C=O) groups excluding carboxylic acids is 1. The molecule has 0 aliphatic rings. The van der Waals surface area contributed by atoms with E-state index in [9.17, 15) is 23.3 Å². The molecular formula is C37H44INO6S. The molecule has 0 saturated carbocycles. The van der Waals surface area contributed by atoms with Crippen LogP contribution < -0.4 is 0 Å². The first-order chi connectivity index (χ1) is 22.2. The Kier molecular flexibility index (Phi) is 19.4. The zero-order valence-corrected chi connectivity index (χ0v) is 29.4. The molecule has 0 aliphatic heterocycles. The minimum atomic E-state index is -3.57. The van der Waals surface area contributed by atoms with Crippen LogP contribution >= 0.6 is 22.6 Å². The molecule has 4 rings (SSSR count). The molecule has 7 nitrogen and oxygen atoms in total. The lowest BCUT2D eigenvalue weighted by molar-refractivity contribution is -0.384. The van der Waals surface area contributed by atoms with Crippen molar-refractivity contribution in [2.45, 2.75) is 76.0 Å². The van der Waals surface area contributed by atoms with E-state index < -0.39 is 15.0 Å². The summed E-state index contributed by atoms with van der Waals surface area (Å²) in [6.07, 6.45) is 12.3. The predicted octanol–water partition coefficient (Wildman–Crippen LogP) is 10.4. The van der Waals surface area contributed by atoms with E-state index in [-0.39, 0.29) is 23.0 Å². The highest BCUT2D eigenvalue weighted by molar-refractivity contribution is 14.1. The number of carbonyl (C=O) groups is 1. The van der Waals surface area contributed by atoms with Gasteiger partial charge in [0.2, 0.25) is 0 Å². The molecular weight excluding hydrogens is 713 g/mol. The zero-order valence-electron chi connectivity index (χ0n) is 26.4. The van der Waals surface area contributed by atoms with Gasteiger partial charge in [-0.25, -0.2) is 0 Å². The van der Waals surface area contributed by atoms with E-state index in [2.05, 4.69) is 41.6 Å². The van der Waals surface area contributed by atoms with Gasteiger partial charge in [0.15, 0.2) is 5.78 Å². The molecule has 4 aromatic carbocycles. The van der Waals surface area contributed by atoms with Crippen molar-refractivity contribution in [1.29, 1.82) is 0 Å². The maximum atomic E-state index is 12.0. The number of benzene rings is 4. The Labute approximate surface area is 287 Å². The molecule has 0 aliphatic carbocycles. The first-order valence-corrected chi connectivity index (χ1v) is 18.2. The van der Waals surface area contributed by atoms with Crippen molar-refractivity contribution in [3.05, 3.63) is 140 Å². The van der Waals surface area contributed by atoms with Crippen LogP contribution in [-0.4, -0.2) is 25.7 Å². The molecule has 9 heteroatoms. The van der Waals surface area contributed by atoms with Gasteiger partial charge in [-0.1, -0.05) is 131 Å². The van der Waals surface area contributed by atoms with Crippen LogP contribution in [0.15, 0.2) is 120 Å². The van der Waals surface area contributed by atoms with Crippen LogP contribution in [-0.2, 0) is 14.3 Å². The number of unbranched alkanes of at least 4 members (excludes halogenated alkanes) is 9. The van der Waals surface area contributed by atoms with E-state index in [1.54, 1.807) is 54.6 Å². The van der Waals surface area contributed by atoms with Crippen LogP contribution in [0.4, 0.5) is 5.69 Å². The minimum absolute atomic E-state index is 0.0189. The third-order valence-corrected chi connectivity index (χ3v) is 8.92. The van der Waals surface area contributed by atoms with Crippen molar-refractivity contribution >= 4 is 44.2 Å². The van der Waals surface area contributed by atoms with Gasteiger partial charge >= 0.3 is 0 Å². The summed E-state index contributed by atoms with van der Waals surface area (Å²) in [5.41, 5.74) is 0.998. The van der Waals surface area contributed by atoms with Crippen LogP contribution in [0, 0.1) is 13.7 Å². The summed E-state index contributed by atoms with van der Waals surface area (Å²) in [7, 11) is -3.57. The molecule has 4 aromatic rings. The monoisotopic (exact) mass is 757 g/mol. The summed E-state index contributed by atoms with van der Waals surface area (Å²) in [5.74, 6) is -0.138. The highest BCUT2D eigenvalue weighted by atomic mass is 127. The number of nitro groups is 1. The average Bonchev–Trinajstić information content (AvgIpc) is 3.08. The van der Waals surface area contributed by atoms with Gasteiger partial charge in [0, 0.05) is 26.8 Å². The molecule has 0 fully saturated rings. The zero-order chi connectivity index (χ0) is 33.5. The van der Waals surface area contributed by atoms with Crippen molar-refractivity contribution in [3.8, 4) is 0 Å². The first-order valence-electron chi connectivity index (χ1n) is 15.7. The van der Waals surface area contributed by atoms with Crippen LogP contribution in [0.3, 0.4) is 0 Å². The first kappa shape index (κ1) is 38.8. The lowest BCUT2D eigenvalue weighted by Gasteiger charge is -2.05.